The van der Waals surface area contributed by atoms with E-state index in [1.54, 1.807) is 12.1 Å². The van der Waals surface area contributed by atoms with Gasteiger partial charge in [0.05, 0.1) is 9.26 Å². The molecule has 112 valence electrons. The van der Waals surface area contributed by atoms with E-state index < -0.39 is 0 Å². The highest BCUT2D eigenvalue weighted by Crippen LogP contribution is 2.29. The zero-order valence-electron chi connectivity index (χ0n) is 12.7. The summed E-state index contributed by atoms with van der Waals surface area (Å²) < 4.78 is 14.8. The summed E-state index contributed by atoms with van der Waals surface area (Å²) >= 11 is 2.26. The number of benzene rings is 1. The molecule has 0 radical (unpaired) electrons. The summed E-state index contributed by atoms with van der Waals surface area (Å²) in [6, 6.07) is 6.75. The normalized spacial score (nSPS) is 11.5. The molecule has 2 rings (SSSR count). The third-order valence-corrected chi connectivity index (χ3v) is 4.17. The number of aromatic nitrogens is 2. The Labute approximate surface area is 138 Å². The van der Waals surface area contributed by atoms with Crippen LogP contribution in [0.2, 0.25) is 0 Å². The number of hydrogen-bond acceptors (Lipinski definition) is 3. The van der Waals surface area contributed by atoms with Crippen LogP contribution in [0.1, 0.15) is 37.9 Å². The maximum absolute atomic E-state index is 13.8. The maximum Gasteiger partial charge on any atom is 0.143 e. The number of rotatable bonds is 3. The van der Waals surface area contributed by atoms with Gasteiger partial charge in [0.15, 0.2) is 0 Å². The monoisotopic (exact) mass is 399 g/mol. The molecule has 0 aliphatic heterocycles. The highest BCUT2D eigenvalue weighted by Gasteiger charge is 2.23. The highest BCUT2D eigenvalue weighted by atomic mass is 127. The van der Waals surface area contributed by atoms with Crippen molar-refractivity contribution >= 4 is 28.4 Å². The number of anilines is 1. The SMILES string of the molecule is CNc1nc(Cc2ccccc2F)nc(C(C)(C)C)c1I. The molecule has 0 saturated heterocycles. The van der Waals surface area contributed by atoms with Gasteiger partial charge < -0.3 is 5.32 Å². The summed E-state index contributed by atoms with van der Waals surface area (Å²) in [6.45, 7) is 6.34. The molecule has 0 spiro atoms. The predicted octanol–water partition coefficient (Wildman–Crippen LogP) is 4.15. The lowest BCUT2D eigenvalue weighted by molar-refractivity contribution is 0.558. The number of nitrogens with zero attached hydrogens (tertiary/aromatic N) is 2. The molecule has 1 heterocycles. The quantitative estimate of drug-likeness (QED) is 0.789. The van der Waals surface area contributed by atoms with Crippen LogP contribution in [0.4, 0.5) is 10.2 Å². The van der Waals surface area contributed by atoms with Crippen molar-refractivity contribution in [2.75, 3.05) is 12.4 Å². The zero-order valence-corrected chi connectivity index (χ0v) is 14.8. The predicted molar refractivity (Wildman–Crippen MR) is 92.2 cm³/mol. The van der Waals surface area contributed by atoms with Crippen molar-refractivity contribution in [1.82, 2.24) is 9.97 Å². The molecule has 0 bridgehead atoms. The van der Waals surface area contributed by atoms with Crippen molar-refractivity contribution in [3.63, 3.8) is 0 Å². The van der Waals surface area contributed by atoms with E-state index in [-0.39, 0.29) is 11.2 Å². The van der Waals surface area contributed by atoms with Gasteiger partial charge in [0.2, 0.25) is 0 Å². The molecule has 0 amide bonds. The lowest BCUT2D eigenvalue weighted by atomic mass is 9.91. The first kappa shape index (κ1) is 16.1. The second-order valence-electron chi connectivity index (χ2n) is 5.92. The Bertz CT molecular complexity index is 650. The smallest absolute Gasteiger partial charge is 0.143 e. The van der Waals surface area contributed by atoms with Crippen LogP contribution in [0.15, 0.2) is 24.3 Å². The van der Waals surface area contributed by atoms with Crippen LogP contribution in [-0.2, 0) is 11.8 Å². The van der Waals surface area contributed by atoms with Crippen LogP contribution in [0.5, 0.6) is 0 Å². The molecule has 0 saturated carbocycles. The number of nitrogens with one attached hydrogen (secondary N) is 1. The Kier molecular flexibility index (Phi) is 4.81. The van der Waals surface area contributed by atoms with Crippen molar-refractivity contribution in [2.45, 2.75) is 32.6 Å². The Morgan fingerprint density at radius 1 is 1.19 bits per heavy atom. The molecule has 0 aliphatic carbocycles. The van der Waals surface area contributed by atoms with Gasteiger partial charge in [0, 0.05) is 18.9 Å². The van der Waals surface area contributed by atoms with Crippen LogP contribution < -0.4 is 5.32 Å². The molecule has 1 aromatic carbocycles. The molecule has 1 aromatic heterocycles. The van der Waals surface area contributed by atoms with Gasteiger partial charge in [-0.1, -0.05) is 39.0 Å². The fourth-order valence-corrected chi connectivity index (χ4v) is 3.37. The molecular formula is C16H19FIN3. The summed E-state index contributed by atoms with van der Waals surface area (Å²) in [5.41, 5.74) is 1.50. The van der Waals surface area contributed by atoms with Gasteiger partial charge in [0.1, 0.15) is 17.5 Å². The molecule has 0 aliphatic rings. The van der Waals surface area contributed by atoms with E-state index >= 15 is 0 Å². The highest BCUT2D eigenvalue weighted by molar-refractivity contribution is 14.1. The summed E-state index contributed by atoms with van der Waals surface area (Å²) in [6.07, 6.45) is 0.390. The molecule has 1 N–H and O–H groups in total. The van der Waals surface area contributed by atoms with Gasteiger partial charge >= 0.3 is 0 Å². The molecule has 21 heavy (non-hydrogen) atoms. The topological polar surface area (TPSA) is 37.8 Å². The Hall–Kier alpha value is -1.24. The lowest BCUT2D eigenvalue weighted by Gasteiger charge is -2.21. The molecule has 5 heteroatoms. The average Bonchev–Trinajstić information content (AvgIpc) is 2.41. The molecule has 2 aromatic rings. The largest absolute Gasteiger partial charge is 0.372 e. The first-order chi connectivity index (χ1) is 9.82. The lowest BCUT2D eigenvalue weighted by Crippen LogP contribution is -2.19. The van der Waals surface area contributed by atoms with Crippen molar-refractivity contribution < 1.29 is 4.39 Å². The van der Waals surface area contributed by atoms with E-state index in [0.717, 1.165) is 15.1 Å². The molecule has 0 unspecified atom stereocenters. The Balaban J connectivity index is 2.48. The van der Waals surface area contributed by atoms with E-state index in [0.29, 0.717) is 17.8 Å². The third-order valence-electron chi connectivity index (χ3n) is 3.15. The van der Waals surface area contributed by atoms with Crippen molar-refractivity contribution in [2.24, 2.45) is 0 Å². The van der Waals surface area contributed by atoms with Crippen LogP contribution in [-0.4, -0.2) is 17.0 Å². The van der Waals surface area contributed by atoms with Crippen molar-refractivity contribution in [1.29, 1.82) is 0 Å². The first-order valence-corrected chi connectivity index (χ1v) is 7.89. The van der Waals surface area contributed by atoms with Gasteiger partial charge in [-0.3, -0.25) is 0 Å². The minimum absolute atomic E-state index is 0.0882. The van der Waals surface area contributed by atoms with E-state index in [2.05, 4.69) is 58.6 Å². The third kappa shape index (κ3) is 3.70. The zero-order chi connectivity index (χ0) is 15.6. The van der Waals surface area contributed by atoms with Gasteiger partial charge in [0.25, 0.3) is 0 Å². The van der Waals surface area contributed by atoms with E-state index in [4.69, 9.17) is 0 Å². The summed E-state index contributed by atoms with van der Waals surface area (Å²) in [4.78, 5) is 9.17. The van der Waals surface area contributed by atoms with E-state index in [1.165, 1.54) is 6.07 Å². The minimum atomic E-state index is -0.219. The second kappa shape index (κ2) is 6.25. The number of halogens is 2. The van der Waals surface area contributed by atoms with Crippen LogP contribution in [0, 0.1) is 9.39 Å². The Morgan fingerprint density at radius 3 is 2.43 bits per heavy atom. The first-order valence-electron chi connectivity index (χ1n) is 6.81. The molecule has 0 fully saturated rings. The van der Waals surface area contributed by atoms with E-state index in [9.17, 15) is 4.39 Å². The van der Waals surface area contributed by atoms with Crippen LogP contribution >= 0.6 is 22.6 Å². The summed E-state index contributed by atoms with van der Waals surface area (Å²) in [7, 11) is 1.84. The van der Waals surface area contributed by atoms with Crippen molar-refractivity contribution in [3.8, 4) is 0 Å². The number of hydrogen-bond donors (Lipinski definition) is 1. The van der Waals surface area contributed by atoms with Gasteiger partial charge in [-0.05, 0) is 34.2 Å². The molecule has 3 nitrogen and oxygen atoms in total. The van der Waals surface area contributed by atoms with Gasteiger partial charge in [-0.2, -0.15) is 0 Å². The summed E-state index contributed by atoms with van der Waals surface area (Å²) in [5.74, 6) is 1.21. The minimum Gasteiger partial charge on any atom is -0.372 e. The molecular weight excluding hydrogens is 380 g/mol. The van der Waals surface area contributed by atoms with Gasteiger partial charge in [-0.15, -0.1) is 0 Å². The fraction of sp³-hybridized carbons (Fsp3) is 0.375. The second-order valence-corrected chi connectivity index (χ2v) is 7.00. The Morgan fingerprint density at radius 2 is 1.86 bits per heavy atom. The maximum atomic E-state index is 13.8. The van der Waals surface area contributed by atoms with E-state index in [1.807, 2.05) is 13.1 Å². The van der Waals surface area contributed by atoms with Crippen LogP contribution in [0.25, 0.3) is 0 Å². The fourth-order valence-electron chi connectivity index (χ4n) is 2.05. The molecule has 0 atom stereocenters. The van der Waals surface area contributed by atoms with Crippen molar-refractivity contribution in [3.05, 3.63) is 50.7 Å². The van der Waals surface area contributed by atoms with Gasteiger partial charge in [-0.25, -0.2) is 14.4 Å². The average molecular weight is 399 g/mol. The summed E-state index contributed by atoms with van der Waals surface area (Å²) in [5, 5.41) is 3.10. The standard InChI is InChI=1S/C16H19FIN3/c1-16(2,3)14-13(18)15(19-4)21-12(20-14)9-10-7-5-6-8-11(10)17/h5-8H,9H2,1-4H3,(H,19,20,21). The van der Waals surface area contributed by atoms with Crippen LogP contribution in [0.3, 0.4) is 0 Å².